The molecule has 0 saturated heterocycles. The van der Waals surface area contributed by atoms with Gasteiger partial charge in [0.15, 0.2) is 0 Å². The van der Waals surface area contributed by atoms with E-state index in [1.54, 1.807) is 0 Å². The summed E-state index contributed by atoms with van der Waals surface area (Å²) in [6.07, 6.45) is 0. The first-order valence-electron chi connectivity index (χ1n) is 45.7. The molecule has 22 aromatic carbocycles. The zero-order valence-corrected chi connectivity index (χ0v) is 66.9. The lowest BCUT2D eigenvalue weighted by atomic mass is 9.84. The molecule has 25 rings (SSSR count). The summed E-state index contributed by atoms with van der Waals surface area (Å²) in [4.78, 5) is 0. The SMILES string of the molecule is [2H]c1c([2H])c([2H])c(-c2c3ccccc3c(-c3ccc(-c4cccc5c4oc4ccccc45)cc3)c3ccccc23)c([2H])c1[2H].[2H]c1c([2H])c([2H])c(-c2c3ccccc3c(-c3cccc4c(-c5ccc6c(c5)oc5ccccc56)cccc34)c3ccccc23)c([2H])c1[2H].[B].[B].[B].c1ccc(-c2c3ccccc3c(-c3cccc(-c4cccc5c4oc4ccccc45)c3)c3ccccc23)cc1. The molecule has 3 heterocycles. The van der Waals surface area contributed by atoms with Gasteiger partial charge in [-0.1, -0.05) is 412 Å². The first kappa shape index (κ1) is 66.1. The van der Waals surface area contributed by atoms with Crippen LogP contribution in [0.5, 0.6) is 0 Å². The van der Waals surface area contributed by atoms with E-state index < -0.39 is 12.1 Å². The summed E-state index contributed by atoms with van der Waals surface area (Å²) in [5, 5.41) is 21.0. The second-order valence-electron chi connectivity index (χ2n) is 30.6. The molecule has 6 heteroatoms. The maximum absolute atomic E-state index is 8.86. The number of benzene rings is 22. The van der Waals surface area contributed by atoms with Gasteiger partial charge < -0.3 is 13.3 Å². The van der Waals surface area contributed by atoms with E-state index in [4.69, 9.17) is 27.0 Å². The quantitative estimate of drug-likeness (QED) is 0.107. The lowest BCUT2D eigenvalue weighted by Gasteiger charge is -2.19. The summed E-state index contributed by atoms with van der Waals surface area (Å²) < 4.78 is 104. The van der Waals surface area contributed by atoms with Crippen molar-refractivity contribution in [2.24, 2.45) is 0 Å². The molecule has 0 spiro atoms. The van der Waals surface area contributed by atoms with Gasteiger partial charge in [-0.3, -0.25) is 0 Å². The number of hydrogen-bond donors (Lipinski definition) is 0. The summed E-state index contributed by atoms with van der Waals surface area (Å²) in [6, 6.07) is 131. The van der Waals surface area contributed by atoms with Gasteiger partial charge in [-0.2, -0.15) is 0 Å². The van der Waals surface area contributed by atoms with Crippen molar-refractivity contribution in [3.63, 3.8) is 0 Å². The minimum Gasteiger partial charge on any atom is -0.456 e. The number of para-hydroxylation sites is 5. The highest BCUT2D eigenvalue weighted by Crippen LogP contribution is 2.51. The van der Waals surface area contributed by atoms with E-state index in [2.05, 4.69) is 255 Å². The molecule has 3 nitrogen and oxygen atoms in total. The van der Waals surface area contributed by atoms with Gasteiger partial charge in [0, 0.05) is 68.7 Å². The monoisotopic (exact) mass is 1580 g/mol. The van der Waals surface area contributed by atoms with Crippen LogP contribution < -0.4 is 0 Å². The van der Waals surface area contributed by atoms with Gasteiger partial charge in [-0.25, -0.2) is 0 Å². The van der Waals surface area contributed by atoms with Crippen molar-refractivity contribution in [3.05, 3.63) is 449 Å². The van der Waals surface area contributed by atoms with Crippen LogP contribution in [-0.4, -0.2) is 25.2 Å². The van der Waals surface area contributed by atoms with Crippen LogP contribution in [-0.2, 0) is 0 Å². The van der Waals surface area contributed by atoms with Crippen LogP contribution in [0.25, 0.3) is 241 Å². The predicted octanol–water partition coefficient (Wildman–Crippen LogP) is 32.7. The van der Waals surface area contributed by atoms with E-state index in [0.717, 1.165) is 175 Å². The van der Waals surface area contributed by atoms with Crippen molar-refractivity contribution in [1.29, 1.82) is 0 Å². The molecule has 124 heavy (non-hydrogen) atoms. The number of hydrogen-bond acceptors (Lipinski definition) is 3. The molecule has 3 aromatic heterocycles. The second-order valence-corrected chi connectivity index (χ2v) is 30.6. The third kappa shape index (κ3) is 13.1. The fraction of sp³-hybridized carbons (Fsp3) is 0. The average molecular weight is 1580 g/mol. The van der Waals surface area contributed by atoms with Crippen LogP contribution in [0.2, 0.25) is 0 Å². The first-order chi connectivity index (χ1) is 64.2. The fourth-order valence-electron chi connectivity index (χ4n) is 18.8. The zero-order chi connectivity index (χ0) is 88.6. The van der Waals surface area contributed by atoms with Gasteiger partial charge in [-0.15, -0.1) is 0 Å². The standard InChI is InChI=1S/C42H26O.2C38H24O.3B/c1-2-12-27(13-3-1)41-35-15-4-6-17-37(35)42(38-18-7-5-16-36(38)41)34-22-11-20-30-29(19-10-21-31(30)34)28-24-25-33-32-14-8-9-23-39(32)43-40(33)26-28;1-2-12-25(13-3-1)36-30-17-4-6-19-32(30)37(33-20-7-5-18-31(33)36)27-15-10-14-26(24-27)28-21-11-22-34-29-16-8-9-23-35(29)39-38(28)34;1-2-11-26(12-3-1)36-30-14-4-6-16-32(30)37(33-17-7-5-15-31(33)36)27-23-21-25(22-24-27)28-18-10-19-34-29-13-8-9-20-35(29)39-38(28)34;;;/h1-26H;2*1-24H;;;/i1D,2D,3D,12D,13D;;1D,2D,3D,11D,12D;;;. The molecule has 0 atom stereocenters. The van der Waals surface area contributed by atoms with Gasteiger partial charge in [-0.05, 0) is 201 Å². The van der Waals surface area contributed by atoms with Crippen LogP contribution in [0.3, 0.4) is 0 Å². The molecule has 0 aliphatic heterocycles. The lowest BCUT2D eigenvalue weighted by molar-refractivity contribution is 0.669. The Morgan fingerprint density at radius 2 is 0.411 bits per heavy atom. The molecule has 0 N–H and O–H groups in total. The van der Waals surface area contributed by atoms with Crippen molar-refractivity contribution in [1.82, 2.24) is 0 Å². The smallest absolute Gasteiger partial charge is 0.143 e. The normalized spacial score (nSPS) is 12.5. The Kier molecular flexibility index (Phi) is 17.3. The zero-order valence-electron chi connectivity index (χ0n) is 76.9. The molecule has 0 aliphatic rings. The summed E-state index contributed by atoms with van der Waals surface area (Å²) in [7, 11) is 0. The van der Waals surface area contributed by atoms with Gasteiger partial charge in [0.2, 0.25) is 0 Å². The Balaban J connectivity index is 0.000000124. The highest BCUT2D eigenvalue weighted by Gasteiger charge is 2.24. The third-order valence-electron chi connectivity index (χ3n) is 24.0. The molecular weight excluding hydrogens is 1500 g/mol. The van der Waals surface area contributed by atoms with Crippen LogP contribution in [0, 0.1) is 0 Å². The minimum absolute atomic E-state index is 0. The fourth-order valence-corrected chi connectivity index (χ4v) is 18.8. The van der Waals surface area contributed by atoms with Crippen LogP contribution in [0.1, 0.15) is 13.7 Å². The van der Waals surface area contributed by atoms with Crippen molar-refractivity contribution < 1.29 is 27.0 Å². The average Bonchev–Trinajstić information content (AvgIpc) is 1.21. The number of rotatable bonds is 9. The summed E-state index contributed by atoms with van der Waals surface area (Å²) in [5.41, 5.74) is 22.6. The molecule has 0 saturated carbocycles. The maximum Gasteiger partial charge on any atom is 0.143 e. The van der Waals surface area contributed by atoms with Crippen LogP contribution >= 0.6 is 0 Å². The molecule has 573 valence electrons. The topological polar surface area (TPSA) is 39.4 Å². The van der Waals surface area contributed by atoms with E-state index in [-0.39, 0.29) is 84.7 Å². The minimum atomic E-state index is -0.398. The molecule has 25 aromatic rings. The largest absolute Gasteiger partial charge is 0.456 e. The summed E-state index contributed by atoms with van der Waals surface area (Å²) >= 11 is 0. The Hall–Kier alpha value is -15.7. The third-order valence-corrected chi connectivity index (χ3v) is 24.0. The van der Waals surface area contributed by atoms with E-state index in [9.17, 15) is 0 Å². The molecule has 0 amide bonds. The Morgan fingerprint density at radius 3 is 0.855 bits per heavy atom. The van der Waals surface area contributed by atoms with Crippen molar-refractivity contribution in [2.75, 3.05) is 0 Å². The highest BCUT2D eigenvalue weighted by atomic mass is 16.3. The highest BCUT2D eigenvalue weighted by molar-refractivity contribution is 6.26. The van der Waals surface area contributed by atoms with E-state index in [1.807, 2.05) is 133 Å². The van der Waals surface area contributed by atoms with Crippen molar-refractivity contribution in [3.8, 4) is 100 Å². The van der Waals surface area contributed by atoms with Gasteiger partial charge in [0.1, 0.15) is 33.5 Å². The molecular formula is C118H74B3O3. The molecule has 9 radical (unpaired) electrons. The van der Waals surface area contributed by atoms with E-state index in [0.29, 0.717) is 11.1 Å². The van der Waals surface area contributed by atoms with Crippen LogP contribution in [0.15, 0.2) is 462 Å². The first-order valence-corrected chi connectivity index (χ1v) is 40.7. The number of furan rings is 3. The molecule has 0 unspecified atom stereocenters. The van der Waals surface area contributed by atoms with Gasteiger partial charge in [0.25, 0.3) is 0 Å². The Morgan fingerprint density at radius 1 is 0.145 bits per heavy atom. The van der Waals surface area contributed by atoms with Crippen LogP contribution in [0.4, 0.5) is 0 Å². The maximum atomic E-state index is 8.86. The lowest BCUT2D eigenvalue weighted by Crippen LogP contribution is -1.92. The molecule has 0 aliphatic carbocycles. The Labute approximate surface area is 737 Å². The van der Waals surface area contributed by atoms with Gasteiger partial charge in [0.05, 0.1) is 13.7 Å². The van der Waals surface area contributed by atoms with Crippen molar-refractivity contribution >= 4 is 166 Å². The van der Waals surface area contributed by atoms with Crippen molar-refractivity contribution in [2.45, 2.75) is 0 Å². The molecule has 0 bridgehead atoms. The summed E-state index contributed by atoms with van der Waals surface area (Å²) in [6.45, 7) is 0. The van der Waals surface area contributed by atoms with E-state index in [1.165, 1.54) is 43.8 Å². The number of fused-ring (bicyclic) bond motifs is 16. The molecule has 0 fully saturated rings. The summed E-state index contributed by atoms with van der Waals surface area (Å²) in [5.74, 6) is 0. The second kappa shape index (κ2) is 32.4. The van der Waals surface area contributed by atoms with Gasteiger partial charge >= 0.3 is 0 Å². The van der Waals surface area contributed by atoms with E-state index >= 15 is 0 Å². The Bertz CT molecular complexity index is 8850. The predicted molar refractivity (Wildman–Crippen MR) is 530 cm³/mol.